The van der Waals surface area contributed by atoms with Crippen molar-refractivity contribution in [3.8, 4) is 0 Å². The maximum Gasteiger partial charge on any atom is 0.0562 e. The lowest BCUT2D eigenvalue weighted by Crippen LogP contribution is -2.50. The molecule has 1 saturated carbocycles. The zero-order chi connectivity index (χ0) is 13.2. The fourth-order valence-corrected chi connectivity index (χ4v) is 2.80. The average molecular weight is 260 g/mol. The van der Waals surface area contributed by atoms with E-state index in [-0.39, 0.29) is 0 Å². The lowest BCUT2D eigenvalue weighted by atomic mass is 10.1. The average Bonchev–Trinajstić information content (AvgIpc) is 3.21. The molecule has 1 N–H and O–H groups in total. The van der Waals surface area contributed by atoms with Gasteiger partial charge in [-0.1, -0.05) is 0 Å². The van der Waals surface area contributed by atoms with E-state index >= 15 is 0 Å². The van der Waals surface area contributed by atoms with Crippen molar-refractivity contribution < 1.29 is 0 Å². The number of pyridine rings is 1. The fourth-order valence-electron chi connectivity index (χ4n) is 2.80. The number of anilines is 1. The van der Waals surface area contributed by atoms with E-state index in [2.05, 4.69) is 46.2 Å². The second-order valence-corrected chi connectivity index (χ2v) is 5.97. The van der Waals surface area contributed by atoms with Crippen molar-refractivity contribution in [2.24, 2.45) is 0 Å². The highest BCUT2D eigenvalue weighted by molar-refractivity contribution is 5.48. The van der Waals surface area contributed by atoms with E-state index in [4.69, 9.17) is 0 Å². The monoisotopic (exact) mass is 260 g/mol. The Hall–Kier alpha value is -1.13. The lowest BCUT2D eigenvalue weighted by Gasteiger charge is -2.39. The van der Waals surface area contributed by atoms with Crippen LogP contribution in [0.3, 0.4) is 0 Å². The number of hydrogen-bond donors (Lipinski definition) is 1. The van der Waals surface area contributed by atoms with Crippen LogP contribution >= 0.6 is 0 Å². The molecule has 4 nitrogen and oxygen atoms in total. The normalized spacial score (nSPS) is 24.7. The van der Waals surface area contributed by atoms with Crippen LogP contribution in [-0.2, 0) is 6.54 Å². The third kappa shape index (κ3) is 3.25. The number of piperazine rings is 1. The van der Waals surface area contributed by atoms with Crippen LogP contribution in [0.1, 0.15) is 25.5 Å². The lowest BCUT2D eigenvalue weighted by molar-refractivity contribution is 0.275. The Kier molecular flexibility index (Phi) is 3.71. The number of nitrogens with one attached hydrogen (secondary N) is 1. The highest BCUT2D eigenvalue weighted by atomic mass is 15.3. The van der Waals surface area contributed by atoms with Crippen LogP contribution in [0.25, 0.3) is 0 Å². The van der Waals surface area contributed by atoms with E-state index in [0.717, 1.165) is 37.9 Å². The molecule has 2 fully saturated rings. The van der Waals surface area contributed by atoms with Crippen LogP contribution < -0.4 is 10.2 Å². The number of rotatable bonds is 4. The molecule has 1 saturated heterocycles. The Morgan fingerprint density at radius 2 is 2.21 bits per heavy atom. The van der Waals surface area contributed by atoms with Gasteiger partial charge in [-0.2, -0.15) is 0 Å². The van der Waals surface area contributed by atoms with Gasteiger partial charge in [0.2, 0.25) is 0 Å². The maximum atomic E-state index is 4.47. The minimum atomic E-state index is 0.574. The SMILES string of the molecule is CC1CN(C)CCN1c1ccnc(CNC2CC2)c1. The molecule has 2 heterocycles. The van der Waals surface area contributed by atoms with Gasteiger partial charge in [0.05, 0.1) is 5.69 Å². The summed E-state index contributed by atoms with van der Waals surface area (Å²) in [5, 5.41) is 3.53. The van der Waals surface area contributed by atoms with E-state index in [0.29, 0.717) is 6.04 Å². The Balaban J connectivity index is 1.67. The molecule has 19 heavy (non-hydrogen) atoms. The first-order valence-electron chi connectivity index (χ1n) is 7.36. The van der Waals surface area contributed by atoms with Gasteiger partial charge < -0.3 is 15.1 Å². The maximum absolute atomic E-state index is 4.47. The van der Waals surface area contributed by atoms with Crippen molar-refractivity contribution in [2.45, 2.75) is 38.4 Å². The van der Waals surface area contributed by atoms with Crippen LogP contribution in [0, 0.1) is 0 Å². The summed E-state index contributed by atoms with van der Waals surface area (Å²) in [6.45, 7) is 6.59. The highest BCUT2D eigenvalue weighted by Crippen LogP contribution is 2.22. The van der Waals surface area contributed by atoms with E-state index in [1.807, 2.05) is 6.20 Å². The summed E-state index contributed by atoms with van der Waals surface area (Å²) in [4.78, 5) is 9.38. The summed E-state index contributed by atoms with van der Waals surface area (Å²) in [5.41, 5.74) is 2.48. The first-order valence-corrected chi connectivity index (χ1v) is 7.36. The van der Waals surface area contributed by atoms with Crippen LogP contribution in [0.5, 0.6) is 0 Å². The fraction of sp³-hybridized carbons (Fsp3) is 0.667. The van der Waals surface area contributed by atoms with Gasteiger partial charge in [0.15, 0.2) is 0 Å². The van der Waals surface area contributed by atoms with E-state index in [9.17, 15) is 0 Å². The minimum Gasteiger partial charge on any atom is -0.366 e. The van der Waals surface area contributed by atoms with Crippen molar-refractivity contribution in [2.75, 3.05) is 31.6 Å². The summed E-state index contributed by atoms with van der Waals surface area (Å²) in [5.74, 6) is 0. The molecule has 1 aromatic rings. The van der Waals surface area contributed by atoms with Crippen LogP contribution in [-0.4, -0.2) is 48.6 Å². The molecule has 1 aliphatic heterocycles. The van der Waals surface area contributed by atoms with Gasteiger partial charge in [-0.15, -0.1) is 0 Å². The summed E-state index contributed by atoms with van der Waals surface area (Å²) < 4.78 is 0. The van der Waals surface area contributed by atoms with Gasteiger partial charge in [-0.25, -0.2) is 0 Å². The Morgan fingerprint density at radius 1 is 1.37 bits per heavy atom. The van der Waals surface area contributed by atoms with Gasteiger partial charge in [-0.3, -0.25) is 4.98 Å². The molecular weight excluding hydrogens is 236 g/mol. The first-order chi connectivity index (χ1) is 9.22. The molecule has 1 atom stereocenters. The number of likely N-dealkylation sites (N-methyl/N-ethyl adjacent to an activating group) is 1. The van der Waals surface area contributed by atoms with Gasteiger partial charge in [-0.05, 0) is 38.9 Å². The number of hydrogen-bond acceptors (Lipinski definition) is 4. The molecule has 2 aliphatic rings. The molecule has 0 aromatic carbocycles. The van der Waals surface area contributed by atoms with E-state index in [1.165, 1.54) is 18.5 Å². The van der Waals surface area contributed by atoms with Crippen LogP contribution in [0.15, 0.2) is 18.3 Å². The van der Waals surface area contributed by atoms with E-state index < -0.39 is 0 Å². The molecule has 0 bridgehead atoms. The standard InChI is InChI=1S/C15H24N4/c1-12-11-18(2)7-8-19(12)15-5-6-16-14(9-15)10-17-13-3-4-13/h5-6,9,12-13,17H,3-4,7-8,10-11H2,1-2H3. The molecule has 1 unspecified atom stereocenters. The Labute approximate surface area is 115 Å². The predicted molar refractivity (Wildman–Crippen MR) is 78.4 cm³/mol. The van der Waals surface area contributed by atoms with Crippen molar-refractivity contribution in [3.63, 3.8) is 0 Å². The van der Waals surface area contributed by atoms with Crippen molar-refractivity contribution >= 4 is 5.69 Å². The number of nitrogens with zero attached hydrogens (tertiary/aromatic N) is 3. The zero-order valence-electron chi connectivity index (χ0n) is 12.0. The van der Waals surface area contributed by atoms with Gasteiger partial charge >= 0.3 is 0 Å². The minimum absolute atomic E-state index is 0.574. The second-order valence-electron chi connectivity index (χ2n) is 5.97. The van der Waals surface area contributed by atoms with Crippen molar-refractivity contribution in [1.29, 1.82) is 0 Å². The third-order valence-electron chi connectivity index (χ3n) is 4.11. The predicted octanol–water partition coefficient (Wildman–Crippen LogP) is 1.47. The largest absolute Gasteiger partial charge is 0.366 e. The Bertz CT molecular complexity index is 430. The van der Waals surface area contributed by atoms with Crippen molar-refractivity contribution in [1.82, 2.24) is 15.2 Å². The van der Waals surface area contributed by atoms with E-state index in [1.54, 1.807) is 0 Å². The van der Waals surface area contributed by atoms with Gasteiger partial charge in [0, 0.05) is 50.1 Å². The highest BCUT2D eigenvalue weighted by Gasteiger charge is 2.23. The third-order valence-corrected chi connectivity index (χ3v) is 4.11. The zero-order valence-corrected chi connectivity index (χ0v) is 12.0. The topological polar surface area (TPSA) is 31.4 Å². The molecule has 0 spiro atoms. The smallest absolute Gasteiger partial charge is 0.0562 e. The molecular formula is C15H24N4. The molecule has 4 heteroatoms. The molecule has 1 aromatic heterocycles. The quantitative estimate of drug-likeness (QED) is 0.888. The van der Waals surface area contributed by atoms with Crippen molar-refractivity contribution in [3.05, 3.63) is 24.0 Å². The molecule has 3 rings (SSSR count). The molecule has 0 radical (unpaired) electrons. The van der Waals surface area contributed by atoms with Crippen LogP contribution in [0.2, 0.25) is 0 Å². The summed E-state index contributed by atoms with van der Waals surface area (Å²) in [7, 11) is 2.20. The van der Waals surface area contributed by atoms with Gasteiger partial charge in [0.1, 0.15) is 0 Å². The Morgan fingerprint density at radius 3 is 2.95 bits per heavy atom. The van der Waals surface area contributed by atoms with Gasteiger partial charge in [0.25, 0.3) is 0 Å². The molecule has 1 aliphatic carbocycles. The molecule has 104 valence electrons. The second kappa shape index (κ2) is 5.47. The molecule has 0 amide bonds. The summed E-state index contributed by atoms with van der Waals surface area (Å²) in [6, 6.07) is 5.71. The summed E-state index contributed by atoms with van der Waals surface area (Å²) in [6.07, 6.45) is 4.61. The summed E-state index contributed by atoms with van der Waals surface area (Å²) >= 11 is 0. The first kappa shape index (κ1) is 12.9. The number of aromatic nitrogens is 1. The van der Waals surface area contributed by atoms with Crippen LogP contribution in [0.4, 0.5) is 5.69 Å².